The van der Waals surface area contributed by atoms with Crippen molar-refractivity contribution in [2.45, 2.75) is 12.5 Å². The SMILES string of the molecule is O=Cc1cc(OCCC2CNCCO2)ccc1B(O)O. The summed E-state index contributed by atoms with van der Waals surface area (Å²) >= 11 is 0. The maximum atomic E-state index is 10.9. The number of aldehydes is 1. The molecule has 108 valence electrons. The van der Waals surface area contributed by atoms with Crippen molar-refractivity contribution in [2.24, 2.45) is 0 Å². The normalized spacial score (nSPS) is 18.6. The van der Waals surface area contributed by atoms with Crippen LogP contribution in [0.15, 0.2) is 18.2 Å². The number of ether oxygens (including phenoxy) is 2. The van der Waals surface area contributed by atoms with Crippen LogP contribution in [0.1, 0.15) is 16.8 Å². The van der Waals surface area contributed by atoms with Crippen molar-refractivity contribution >= 4 is 18.9 Å². The number of hydrogen-bond acceptors (Lipinski definition) is 6. The minimum Gasteiger partial charge on any atom is -0.493 e. The Kier molecular flexibility index (Phi) is 5.54. The molecule has 1 atom stereocenters. The third-order valence-corrected chi connectivity index (χ3v) is 3.18. The molecular formula is C13H18BNO5. The topological polar surface area (TPSA) is 88.0 Å². The molecule has 0 aliphatic carbocycles. The fourth-order valence-corrected chi connectivity index (χ4v) is 2.09. The summed E-state index contributed by atoms with van der Waals surface area (Å²) in [5.41, 5.74) is 0.389. The van der Waals surface area contributed by atoms with Crippen molar-refractivity contribution < 1.29 is 24.3 Å². The molecule has 1 aromatic rings. The van der Waals surface area contributed by atoms with Crippen molar-refractivity contribution in [1.29, 1.82) is 0 Å². The molecule has 1 aromatic carbocycles. The van der Waals surface area contributed by atoms with Gasteiger partial charge in [0.15, 0.2) is 0 Å². The van der Waals surface area contributed by atoms with Crippen LogP contribution in [0.4, 0.5) is 0 Å². The first kappa shape index (κ1) is 15.0. The Balaban J connectivity index is 1.87. The third kappa shape index (κ3) is 4.04. The molecule has 2 rings (SSSR count). The highest BCUT2D eigenvalue weighted by Crippen LogP contribution is 2.12. The van der Waals surface area contributed by atoms with Crippen LogP contribution in [-0.2, 0) is 4.74 Å². The first-order chi connectivity index (χ1) is 9.70. The monoisotopic (exact) mass is 279 g/mol. The van der Waals surface area contributed by atoms with Crippen molar-refractivity contribution in [3.8, 4) is 5.75 Å². The average molecular weight is 279 g/mol. The molecule has 1 unspecified atom stereocenters. The van der Waals surface area contributed by atoms with Crippen LogP contribution in [0.25, 0.3) is 0 Å². The van der Waals surface area contributed by atoms with E-state index in [0.29, 0.717) is 25.2 Å². The van der Waals surface area contributed by atoms with Crippen LogP contribution < -0.4 is 15.5 Å². The van der Waals surface area contributed by atoms with Gasteiger partial charge in [0.2, 0.25) is 0 Å². The van der Waals surface area contributed by atoms with Crippen LogP contribution >= 0.6 is 0 Å². The van der Waals surface area contributed by atoms with Gasteiger partial charge in [0.1, 0.15) is 12.0 Å². The van der Waals surface area contributed by atoms with Crippen molar-refractivity contribution in [3.63, 3.8) is 0 Å². The molecule has 1 saturated heterocycles. The number of hydrogen-bond donors (Lipinski definition) is 3. The van der Waals surface area contributed by atoms with E-state index in [1.165, 1.54) is 12.1 Å². The molecule has 0 bridgehead atoms. The molecule has 20 heavy (non-hydrogen) atoms. The van der Waals surface area contributed by atoms with Crippen molar-refractivity contribution in [2.75, 3.05) is 26.3 Å². The first-order valence-corrected chi connectivity index (χ1v) is 6.61. The highest BCUT2D eigenvalue weighted by Gasteiger charge is 2.17. The minimum absolute atomic E-state index is 0.146. The van der Waals surface area contributed by atoms with Gasteiger partial charge in [-0.25, -0.2) is 0 Å². The molecule has 0 spiro atoms. The third-order valence-electron chi connectivity index (χ3n) is 3.18. The van der Waals surface area contributed by atoms with Gasteiger partial charge >= 0.3 is 7.12 Å². The Bertz CT molecular complexity index is 448. The maximum Gasteiger partial charge on any atom is 0.489 e. The molecule has 0 aromatic heterocycles. The lowest BCUT2D eigenvalue weighted by atomic mass is 9.77. The zero-order valence-electron chi connectivity index (χ0n) is 11.1. The zero-order chi connectivity index (χ0) is 14.4. The summed E-state index contributed by atoms with van der Waals surface area (Å²) in [6.45, 7) is 2.89. The smallest absolute Gasteiger partial charge is 0.489 e. The van der Waals surface area contributed by atoms with Gasteiger partial charge in [-0.05, 0) is 17.6 Å². The van der Waals surface area contributed by atoms with Crippen molar-refractivity contribution in [3.05, 3.63) is 23.8 Å². The second-order valence-corrected chi connectivity index (χ2v) is 4.62. The molecule has 1 heterocycles. The summed E-state index contributed by atoms with van der Waals surface area (Å²) in [6.07, 6.45) is 1.48. The lowest BCUT2D eigenvalue weighted by molar-refractivity contribution is 0.0159. The Hall–Kier alpha value is -1.41. The predicted molar refractivity (Wildman–Crippen MR) is 74.4 cm³/mol. The van der Waals surface area contributed by atoms with Crippen LogP contribution in [-0.4, -0.2) is 55.9 Å². The minimum atomic E-state index is -1.66. The summed E-state index contributed by atoms with van der Waals surface area (Å²) in [5, 5.41) is 21.4. The van der Waals surface area contributed by atoms with E-state index >= 15 is 0 Å². The maximum absolute atomic E-state index is 10.9. The molecule has 0 saturated carbocycles. The molecule has 6 nitrogen and oxygen atoms in total. The van der Waals surface area contributed by atoms with E-state index in [1.54, 1.807) is 6.07 Å². The molecule has 1 fully saturated rings. The van der Waals surface area contributed by atoms with E-state index in [1.807, 2.05) is 0 Å². The number of rotatable bonds is 6. The van der Waals surface area contributed by atoms with Gasteiger partial charge < -0.3 is 24.8 Å². The highest BCUT2D eigenvalue weighted by molar-refractivity contribution is 6.60. The average Bonchev–Trinajstić information content (AvgIpc) is 2.48. The summed E-state index contributed by atoms with van der Waals surface area (Å²) in [6, 6.07) is 4.59. The molecule has 1 aliphatic heterocycles. The van der Waals surface area contributed by atoms with E-state index in [4.69, 9.17) is 19.5 Å². The Morgan fingerprint density at radius 1 is 1.50 bits per heavy atom. The molecular weight excluding hydrogens is 261 g/mol. The lowest BCUT2D eigenvalue weighted by Gasteiger charge is -2.23. The number of morpholine rings is 1. The predicted octanol–water partition coefficient (Wildman–Crippen LogP) is -1.06. The molecule has 7 heteroatoms. The van der Waals surface area contributed by atoms with Gasteiger partial charge in [0.05, 0.1) is 19.3 Å². The Morgan fingerprint density at radius 3 is 3.00 bits per heavy atom. The van der Waals surface area contributed by atoms with Gasteiger partial charge in [-0.15, -0.1) is 0 Å². The fraction of sp³-hybridized carbons (Fsp3) is 0.462. The van der Waals surface area contributed by atoms with Crippen LogP contribution in [0.5, 0.6) is 5.75 Å². The molecule has 3 N–H and O–H groups in total. The number of carbonyl (C=O) groups excluding carboxylic acids is 1. The highest BCUT2D eigenvalue weighted by atomic mass is 16.5. The van der Waals surface area contributed by atoms with E-state index in [9.17, 15) is 4.79 Å². The zero-order valence-corrected chi connectivity index (χ0v) is 11.1. The molecule has 1 aliphatic rings. The Morgan fingerprint density at radius 2 is 2.35 bits per heavy atom. The van der Waals surface area contributed by atoms with Crippen molar-refractivity contribution in [1.82, 2.24) is 5.32 Å². The summed E-state index contributed by atoms with van der Waals surface area (Å²) in [5.74, 6) is 0.528. The lowest BCUT2D eigenvalue weighted by Crippen LogP contribution is -2.39. The second kappa shape index (κ2) is 7.40. The summed E-state index contributed by atoms with van der Waals surface area (Å²) in [4.78, 5) is 10.9. The van der Waals surface area contributed by atoms with Gasteiger partial charge in [0.25, 0.3) is 0 Å². The van der Waals surface area contributed by atoms with Gasteiger partial charge in [-0.2, -0.15) is 0 Å². The van der Waals surface area contributed by atoms with Crippen LogP contribution in [0.3, 0.4) is 0 Å². The largest absolute Gasteiger partial charge is 0.493 e. The van der Waals surface area contributed by atoms with Gasteiger partial charge in [-0.3, -0.25) is 4.79 Å². The van der Waals surface area contributed by atoms with Gasteiger partial charge in [0, 0.05) is 25.1 Å². The van der Waals surface area contributed by atoms with Gasteiger partial charge in [-0.1, -0.05) is 6.07 Å². The standard InChI is InChI=1S/C13H18BNO5/c16-9-10-7-11(1-2-13(10)14(17)18)19-5-3-12-8-15-4-6-20-12/h1-2,7,9,12,15,17-18H,3-6,8H2. The number of carbonyl (C=O) groups is 1. The molecule has 0 radical (unpaired) electrons. The van der Waals surface area contributed by atoms with E-state index in [2.05, 4.69) is 5.32 Å². The molecule has 0 amide bonds. The van der Waals surface area contributed by atoms with E-state index < -0.39 is 7.12 Å². The first-order valence-electron chi connectivity index (χ1n) is 6.61. The van der Waals surface area contributed by atoms with Crippen LogP contribution in [0.2, 0.25) is 0 Å². The number of benzene rings is 1. The quantitative estimate of drug-likeness (QED) is 0.454. The van der Waals surface area contributed by atoms with E-state index in [0.717, 1.165) is 19.5 Å². The van der Waals surface area contributed by atoms with E-state index in [-0.39, 0.29) is 17.1 Å². The second-order valence-electron chi connectivity index (χ2n) is 4.62. The number of nitrogens with one attached hydrogen (secondary N) is 1. The summed E-state index contributed by atoms with van der Waals surface area (Å²) in [7, 11) is -1.66. The summed E-state index contributed by atoms with van der Waals surface area (Å²) < 4.78 is 11.1. The fourth-order valence-electron chi connectivity index (χ4n) is 2.09. The Labute approximate surface area is 117 Å². The van der Waals surface area contributed by atoms with Crippen LogP contribution in [0, 0.1) is 0 Å².